The Morgan fingerprint density at radius 1 is 1.10 bits per heavy atom. The zero-order valence-electron chi connectivity index (χ0n) is 17.4. The van der Waals surface area contributed by atoms with Crippen LogP contribution in [0.2, 0.25) is 0 Å². The van der Waals surface area contributed by atoms with E-state index >= 15 is 0 Å². The topological polar surface area (TPSA) is 65.5 Å². The third-order valence-electron chi connectivity index (χ3n) is 6.07. The number of nitrogens with zero attached hydrogens (tertiary/aromatic N) is 3. The average molecular weight is 435 g/mol. The Bertz CT molecular complexity index is 1060. The summed E-state index contributed by atoms with van der Waals surface area (Å²) in [4.78, 5) is 33.4. The average Bonchev–Trinajstić information content (AvgIpc) is 3.40. The number of thiazole rings is 1. The molecule has 3 aromatic rings. The summed E-state index contributed by atoms with van der Waals surface area (Å²) in [6.45, 7) is 2.96. The Morgan fingerprint density at radius 3 is 2.71 bits per heavy atom. The lowest BCUT2D eigenvalue weighted by Gasteiger charge is -2.31. The van der Waals surface area contributed by atoms with Crippen LogP contribution in [0.5, 0.6) is 0 Å². The third-order valence-corrected chi connectivity index (χ3v) is 7.27. The van der Waals surface area contributed by atoms with E-state index in [1.54, 1.807) is 11.3 Å². The van der Waals surface area contributed by atoms with Gasteiger partial charge in [0.15, 0.2) is 0 Å². The zero-order chi connectivity index (χ0) is 21.2. The molecule has 0 spiro atoms. The number of rotatable bonds is 5. The summed E-state index contributed by atoms with van der Waals surface area (Å²) in [7, 11) is 0. The molecule has 7 heteroatoms. The standard InChI is InChI=1S/C24H26N4O2S/c29-22(25-18-9-11-19(12-10-18)28-14-4-8-23(28)30)16-27-13-3-5-17(15-27)24-26-20-6-1-2-7-21(20)31-24/h1-2,6-7,9-12,17H,3-5,8,13-16H2,(H,25,29)/t17-/m1/s1. The molecule has 2 fully saturated rings. The number of carbonyl (C=O) groups excluding carboxylic acids is 2. The van der Waals surface area contributed by atoms with Crippen LogP contribution in [0.15, 0.2) is 48.5 Å². The van der Waals surface area contributed by atoms with Crippen molar-refractivity contribution in [3.63, 3.8) is 0 Å². The van der Waals surface area contributed by atoms with Crippen molar-refractivity contribution in [2.24, 2.45) is 0 Å². The first kappa shape index (κ1) is 20.2. The molecule has 3 heterocycles. The van der Waals surface area contributed by atoms with E-state index in [0.29, 0.717) is 18.9 Å². The number of amides is 2. The van der Waals surface area contributed by atoms with Crippen LogP contribution in [0.3, 0.4) is 0 Å². The van der Waals surface area contributed by atoms with Crippen molar-refractivity contribution >= 4 is 44.7 Å². The van der Waals surface area contributed by atoms with Crippen molar-refractivity contribution in [2.75, 3.05) is 36.4 Å². The Hall–Kier alpha value is -2.77. The second kappa shape index (κ2) is 8.77. The number of fused-ring (bicyclic) bond motifs is 1. The van der Waals surface area contributed by atoms with Crippen LogP contribution >= 0.6 is 11.3 Å². The van der Waals surface area contributed by atoms with Crippen molar-refractivity contribution in [3.05, 3.63) is 53.5 Å². The lowest BCUT2D eigenvalue weighted by Crippen LogP contribution is -2.39. The number of aromatic nitrogens is 1. The molecule has 0 saturated carbocycles. The zero-order valence-corrected chi connectivity index (χ0v) is 18.2. The van der Waals surface area contributed by atoms with Gasteiger partial charge in [-0.15, -0.1) is 11.3 Å². The largest absolute Gasteiger partial charge is 0.325 e. The van der Waals surface area contributed by atoms with Crippen molar-refractivity contribution in [3.8, 4) is 0 Å². The summed E-state index contributed by atoms with van der Waals surface area (Å²) in [6, 6.07) is 15.8. The van der Waals surface area contributed by atoms with Crippen molar-refractivity contribution in [1.29, 1.82) is 0 Å². The molecule has 6 nitrogen and oxygen atoms in total. The number of hydrogen-bond acceptors (Lipinski definition) is 5. The number of likely N-dealkylation sites (tertiary alicyclic amines) is 1. The highest BCUT2D eigenvalue weighted by Crippen LogP contribution is 2.33. The molecule has 1 N–H and O–H groups in total. The van der Waals surface area contributed by atoms with Crippen LogP contribution in [-0.2, 0) is 9.59 Å². The molecule has 2 amide bonds. The van der Waals surface area contributed by atoms with Gasteiger partial charge < -0.3 is 10.2 Å². The van der Waals surface area contributed by atoms with E-state index in [1.807, 2.05) is 35.2 Å². The van der Waals surface area contributed by atoms with E-state index < -0.39 is 0 Å². The van der Waals surface area contributed by atoms with Gasteiger partial charge in [-0.3, -0.25) is 14.5 Å². The summed E-state index contributed by atoms with van der Waals surface area (Å²) in [5, 5.41) is 4.18. The molecule has 2 aliphatic rings. The van der Waals surface area contributed by atoms with Gasteiger partial charge in [-0.2, -0.15) is 0 Å². The van der Waals surface area contributed by atoms with Gasteiger partial charge in [0.25, 0.3) is 0 Å². The second-order valence-corrected chi connectivity index (χ2v) is 9.40. The molecule has 2 aromatic carbocycles. The Kier molecular flexibility index (Phi) is 5.70. The fraction of sp³-hybridized carbons (Fsp3) is 0.375. The van der Waals surface area contributed by atoms with Crippen LogP contribution in [-0.4, -0.2) is 47.9 Å². The molecule has 160 valence electrons. The van der Waals surface area contributed by atoms with E-state index in [4.69, 9.17) is 4.98 Å². The molecule has 2 saturated heterocycles. The number of hydrogen-bond donors (Lipinski definition) is 1. The first-order valence-corrected chi connectivity index (χ1v) is 11.8. The predicted octanol–water partition coefficient (Wildman–Crippen LogP) is 4.24. The molecular formula is C24H26N4O2S. The summed E-state index contributed by atoms with van der Waals surface area (Å²) < 4.78 is 1.23. The smallest absolute Gasteiger partial charge is 0.238 e. The number of benzene rings is 2. The maximum atomic E-state index is 12.6. The third kappa shape index (κ3) is 4.48. The minimum absolute atomic E-state index is 0.00468. The van der Waals surface area contributed by atoms with E-state index in [0.717, 1.165) is 55.8 Å². The summed E-state index contributed by atoms with van der Waals surface area (Å²) >= 11 is 1.77. The minimum Gasteiger partial charge on any atom is -0.325 e. The van der Waals surface area contributed by atoms with Crippen LogP contribution in [0.4, 0.5) is 11.4 Å². The lowest BCUT2D eigenvalue weighted by atomic mass is 9.99. The monoisotopic (exact) mass is 434 g/mol. The molecule has 1 aromatic heterocycles. The molecule has 2 aliphatic heterocycles. The second-order valence-electron chi connectivity index (χ2n) is 8.34. The van der Waals surface area contributed by atoms with Crippen molar-refractivity contribution < 1.29 is 9.59 Å². The van der Waals surface area contributed by atoms with Crippen molar-refractivity contribution in [2.45, 2.75) is 31.6 Å². The molecule has 0 bridgehead atoms. The highest BCUT2D eigenvalue weighted by molar-refractivity contribution is 7.18. The van der Waals surface area contributed by atoms with E-state index in [2.05, 4.69) is 28.4 Å². The first-order valence-electron chi connectivity index (χ1n) is 10.9. The molecule has 0 radical (unpaired) electrons. The Morgan fingerprint density at radius 2 is 1.94 bits per heavy atom. The first-order chi connectivity index (χ1) is 15.2. The van der Waals surface area contributed by atoms with Gasteiger partial charge in [0.1, 0.15) is 0 Å². The lowest BCUT2D eigenvalue weighted by molar-refractivity contribution is -0.118. The highest BCUT2D eigenvalue weighted by atomic mass is 32.1. The van der Waals surface area contributed by atoms with E-state index in [9.17, 15) is 9.59 Å². The quantitative estimate of drug-likeness (QED) is 0.652. The highest BCUT2D eigenvalue weighted by Gasteiger charge is 2.25. The van der Waals surface area contributed by atoms with Crippen LogP contribution < -0.4 is 10.2 Å². The van der Waals surface area contributed by atoms with Gasteiger partial charge in [-0.05, 0) is 62.2 Å². The number of piperidine rings is 1. The summed E-state index contributed by atoms with van der Waals surface area (Å²) in [5.74, 6) is 0.552. The van der Waals surface area contributed by atoms with Gasteiger partial charge in [-0.25, -0.2) is 4.98 Å². The van der Waals surface area contributed by atoms with Crippen LogP contribution in [0, 0.1) is 0 Å². The SMILES string of the molecule is O=C(CN1CCC[C@@H](c2nc3ccccc3s2)C1)Nc1ccc(N2CCCC2=O)cc1. The normalized spacial score (nSPS) is 19.8. The summed E-state index contributed by atoms with van der Waals surface area (Å²) in [6.07, 6.45) is 3.72. The van der Waals surface area contributed by atoms with E-state index in [1.165, 1.54) is 9.71 Å². The summed E-state index contributed by atoms with van der Waals surface area (Å²) in [5.41, 5.74) is 2.73. The minimum atomic E-state index is -0.00468. The molecule has 31 heavy (non-hydrogen) atoms. The number of anilines is 2. The van der Waals surface area contributed by atoms with Gasteiger partial charge in [0, 0.05) is 36.8 Å². The van der Waals surface area contributed by atoms with Gasteiger partial charge in [0.05, 0.1) is 21.8 Å². The molecular weight excluding hydrogens is 408 g/mol. The maximum Gasteiger partial charge on any atom is 0.238 e. The fourth-order valence-corrected chi connectivity index (χ4v) is 5.61. The number of nitrogens with one attached hydrogen (secondary N) is 1. The molecule has 5 rings (SSSR count). The van der Waals surface area contributed by atoms with Gasteiger partial charge >= 0.3 is 0 Å². The van der Waals surface area contributed by atoms with Crippen LogP contribution in [0.1, 0.15) is 36.6 Å². The Labute approximate surface area is 185 Å². The maximum absolute atomic E-state index is 12.6. The fourth-order valence-electron chi connectivity index (χ4n) is 4.51. The molecule has 0 aliphatic carbocycles. The predicted molar refractivity (Wildman–Crippen MR) is 125 cm³/mol. The van der Waals surface area contributed by atoms with Gasteiger partial charge in [0.2, 0.25) is 11.8 Å². The van der Waals surface area contributed by atoms with Gasteiger partial charge in [-0.1, -0.05) is 12.1 Å². The van der Waals surface area contributed by atoms with Crippen LogP contribution in [0.25, 0.3) is 10.2 Å². The number of carbonyl (C=O) groups is 2. The number of para-hydroxylation sites is 1. The Balaban J connectivity index is 1.18. The van der Waals surface area contributed by atoms with E-state index in [-0.39, 0.29) is 11.8 Å². The molecule has 0 unspecified atom stereocenters. The van der Waals surface area contributed by atoms with Crippen molar-refractivity contribution in [1.82, 2.24) is 9.88 Å². The molecule has 1 atom stereocenters.